The van der Waals surface area contributed by atoms with Gasteiger partial charge in [0.2, 0.25) is 0 Å². The maximum absolute atomic E-state index is 12.0. The van der Waals surface area contributed by atoms with Gasteiger partial charge in [0.05, 0.1) is 18.7 Å². The van der Waals surface area contributed by atoms with E-state index in [0.29, 0.717) is 12.3 Å². The zero-order valence-electron chi connectivity index (χ0n) is 17.8. The topological polar surface area (TPSA) is 80.7 Å². The minimum Gasteiger partial charge on any atom is -0.497 e. The van der Waals surface area contributed by atoms with Crippen molar-refractivity contribution in [3.8, 4) is 5.75 Å². The fourth-order valence-electron chi connectivity index (χ4n) is 4.02. The quantitative estimate of drug-likeness (QED) is 0.757. The summed E-state index contributed by atoms with van der Waals surface area (Å²) in [5.74, 6) is 1.18. The van der Waals surface area contributed by atoms with Gasteiger partial charge in [0.1, 0.15) is 11.4 Å². The molecule has 0 radical (unpaired) electrons. The molecule has 0 bridgehead atoms. The van der Waals surface area contributed by atoms with Crippen LogP contribution in [0.5, 0.6) is 5.75 Å². The standard InChI is InChI=1S/C23H32N2O4/c1-23(2,3)29-22(27)25-16-7-5-15(6-8-16)13-21(26)18-11-12-24-20-10-9-17(28-4)14-19(18)20/h9-12,14-16,21,26H,5-8,13H2,1-4H3,(H,25,27). The van der Waals surface area contributed by atoms with E-state index in [1.54, 1.807) is 13.3 Å². The molecular weight excluding hydrogens is 368 g/mol. The van der Waals surface area contributed by atoms with Crippen LogP contribution in [0.15, 0.2) is 30.5 Å². The first kappa shape index (κ1) is 21.4. The summed E-state index contributed by atoms with van der Waals surface area (Å²) >= 11 is 0. The highest BCUT2D eigenvalue weighted by atomic mass is 16.6. The molecule has 6 nitrogen and oxygen atoms in total. The van der Waals surface area contributed by atoms with Crippen molar-refractivity contribution in [2.75, 3.05) is 7.11 Å². The minimum atomic E-state index is -0.548. The number of amides is 1. The summed E-state index contributed by atoms with van der Waals surface area (Å²) in [6, 6.07) is 7.76. The molecule has 0 saturated heterocycles. The number of carbonyl (C=O) groups is 1. The first-order valence-corrected chi connectivity index (χ1v) is 10.4. The molecule has 158 valence electrons. The number of benzene rings is 1. The van der Waals surface area contributed by atoms with Crippen molar-refractivity contribution >= 4 is 17.0 Å². The second kappa shape index (κ2) is 8.99. The molecule has 1 aromatic heterocycles. The number of nitrogens with one attached hydrogen (secondary N) is 1. The van der Waals surface area contributed by atoms with Gasteiger partial charge in [-0.15, -0.1) is 0 Å². The van der Waals surface area contributed by atoms with Crippen LogP contribution in [-0.4, -0.2) is 34.9 Å². The number of hydrogen-bond acceptors (Lipinski definition) is 5. The van der Waals surface area contributed by atoms with Crippen molar-refractivity contribution in [3.63, 3.8) is 0 Å². The Morgan fingerprint density at radius 3 is 2.62 bits per heavy atom. The van der Waals surface area contributed by atoms with Gasteiger partial charge < -0.3 is 19.9 Å². The Morgan fingerprint density at radius 2 is 1.97 bits per heavy atom. The molecular formula is C23H32N2O4. The van der Waals surface area contributed by atoms with Crippen LogP contribution >= 0.6 is 0 Å². The second-order valence-corrected chi connectivity index (χ2v) is 8.90. The molecule has 1 unspecified atom stereocenters. The molecule has 2 aromatic rings. The molecule has 6 heteroatoms. The average Bonchev–Trinajstić information content (AvgIpc) is 2.67. The molecule has 0 aliphatic heterocycles. The highest BCUT2D eigenvalue weighted by Crippen LogP contribution is 2.35. The number of pyridine rings is 1. The molecule has 1 heterocycles. The minimum absolute atomic E-state index is 0.143. The molecule has 1 aliphatic rings. The van der Waals surface area contributed by atoms with Gasteiger partial charge in [0, 0.05) is 17.6 Å². The zero-order valence-corrected chi connectivity index (χ0v) is 17.8. The molecule has 1 amide bonds. The number of aliphatic hydroxyl groups is 1. The van der Waals surface area contributed by atoms with Crippen LogP contribution in [-0.2, 0) is 4.74 Å². The van der Waals surface area contributed by atoms with E-state index in [4.69, 9.17) is 9.47 Å². The van der Waals surface area contributed by atoms with Gasteiger partial charge in [-0.3, -0.25) is 4.98 Å². The van der Waals surface area contributed by atoms with E-state index in [2.05, 4.69) is 10.3 Å². The lowest BCUT2D eigenvalue weighted by atomic mass is 9.81. The summed E-state index contributed by atoms with van der Waals surface area (Å²) < 4.78 is 10.7. The summed E-state index contributed by atoms with van der Waals surface area (Å²) in [6.07, 6.45) is 5.31. The summed E-state index contributed by atoms with van der Waals surface area (Å²) in [5, 5.41) is 14.8. The molecule has 29 heavy (non-hydrogen) atoms. The Hall–Kier alpha value is -2.34. The largest absolute Gasteiger partial charge is 0.497 e. The second-order valence-electron chi connectivity index (χ2n) is 8.90. The molecule has 1 fully saturated rings. The number of rotatable bonds is 5. The third kappa shape index (κ3) is 5.82. The predicted octanol–water partition coefficient (Wildman–Crippen LogP) is 4.75. The van der Waals surface area contributed by atoms with Gasteiger partial charge in [-0.05, 0) is 88.6 Å². The average molecular weight is 401 g/mol. The number of alkyl carbamates (subject to hydrolysis) is 1. The van der Waals surface area contributed by atoms with E-state index in [-0.39, 0.29) is 12.1 Å². The van der Waals surface area contributed by atoms with Crippen LogP contribution in [0.25, 0.3) is 10.9 Å². The van der Waals surface area contributed by atoms with Crippen molar-refractivity contribution in [2.24, 2.45) is 5.92 Å². The first-order chi connectivity index (χ1) is 13.7. The fourth-order valence-corrected chi connectivity index (χ4v) is 4.02. The van der Waals surface area contributed by atoms with E-state index < -0.39 is 11.7 Å². The van der Waals surface area contributed by atoms with E-state index >= 15 is 0 Å². The Morgan fingerprint density at radius 1 is 1.24 bits per heavy atom. The van der Waals surface area contributed by atoms with Crippen molar-refractivity contribution in [1.29, 1.82) is 0 Å². The van der Waals surface area contributed by atoms with Crippen LogP contribution in [0, 0.1) is 5.92 Å². The van der Waals surface area contributed by atoms with E-state index in [1.165, 1.54) is 0 Å². The van der Waals surface area contributed by atoms with Crippen LogP contribution < -0.4 is 10.1 Å². The van der Waals surface area contributed by atoms with Crippen molar-refractivity contribution in [2.45, 2.75) is 70.6 Å². The lowest BCUT2D eigenvalue weighted by Gasteiger charge is -2.31. The van der Waals surface area contributed by atoms with Gasteiger partial charge in [0.25, 0.3) is 0 Å². The third-order valence-electron chi connectivity index (χ3n) is 5.47. The van der Waals surface area contributed by atoms with Crippen molar-refractivity contribution in [1.82, 2.24) is 10.3 Å². The van der Waals surface area contributed by atoms with Gasteiger partial charge in [-0.25, -0.2) is 4.79 Å². The Bertz CT molecular complexity index is 838. The normalized spacial score (nSPS) is 20.9. The van der Waals surface area contributed by atoms with E-state index in [9.17, 15) is 9.90 Å². The highest BCUT2D eigenvalue weighted by Gasteiger charge is 2.26. The van der Waals surface area contributed by atoms with Crippen LogP contribution in [0.1, 0.15) is 64.5 Å². The molecule has 3 rings (SSSR count). The Labute approximate surface area is 172 Å². The van der Waals surface area contributed by atoms with Gasteiger partial charge in [-0.2, -0.15) is 0 Å². The van der Waals surface area contributed by atoms with Gasteiger partial charge >= 0.3 is 6.09 Å². The lowest BCUT2D eigenvalue weighted by molar-refractivity contribution is 0.0479. The third-order valence-corrected chi connectivity index (χ3v) is 5.47. The molecule has 2 N–H and O–H groups in total. The maximum atomic E-state index is 12.0. The summed E-state index contributed by atoms with van der Waals surface area (Å²) in [7, 11) is 1.64. The van der Waals surface area contributed by atoms with Gasteiger partial charge in [0.15, 0.2) is 0 Å². The zero-order chi connectivity index (χ0) is 21.0. The van der Waals surface area contributed by atoms with Crippen LogP contribution in [0.4, 0.5) is 4.79 Å². The van der Waals surface area contributed by atoms with Crippen molar-refractivity contribution < 1.29 is 19.4 Å². The number of aliphatic hydroxyl groups excluding tert-OH is 1. The number of nitrogens with zero attached hydrogens (tertiary/aromatic N) is 1. The summed E-state index contributed by atoms with van der Waals surface area (Å²) in [6.45, 7) is 5.59. The summed E-state index contributed by atoms with van der Waals surface area (Å²) in [4.78, 5) is 16.3. The number of ether oxygens (including phenoxy) is 2. The first-order valence-electron chi connectivity index (χ1n) is 10.4. The highest BCUT2D eigenvalue weighted by molar-refractivity contribution is 5.83. The summed E-state index contributed by atoms with van der Waals surface area (Å²) in [5.41, 5.74) is 1.26. The Kier molecular flexibility index (Phi) is 6.63. The van der Waals surface area contributed by atoms with E-state index in [1.807, 2.05) is 45.0 Å². The van der Waals surface area contributed by atoms with Crippen LogP contribution in [0.2, 0.25) is 0 Å². The van der Waals surface area contributed by atoms with E-state index in [0.717, 1.165) is 47.9 Å². The predicted molar refractivity (Wildman–Crippen MR) is 113 cm³/mol. The number of aromatic nitrogens is 1. The molecule has 0 spiro atoms. The smallest absolute Gasteiger partial charge is 0.407 e. The number of hydrogen-bond donors (Lipinski definition) is 2. The van der Waals surface area contributed by atoms with Crippen LogP contribution in [0.3, 0.4) is 0 Å². The Balaban J connectivity index is 1.57. The monoisotopic (exact) mass is 400 g/mol. The number of methoxy groups -OCH3 is 1. The number of fused-ring (bicyclic) bond motifs is 1. The molecule has 1 atom stereocenters. The number of carbonyl (C=O) groups excluding carboxylic acids is 1. The molecule has 1 aromatic carbocycles. The lowest BCUT2D eigenvalue weighted by Crippen LogP contribution is -2.41. The fraction of sp³-hybridized carbons (Fsp3) is 0.565. The van der Waals surface area contributed by atoms with Gasteiger partial charge in [-0.1, -0.05) is 0 Å². The SMILES string of the molecule is COc1ccc2nccc(C(O)CC3CCC(NC(=O)OC(C)(C)C)CC3)c2c1. The molecule has 1 saturated carbocycles. The molecule has 1 aliphatic carbocycles. The van der Waals surface area contributed by atoms with Crippen molar-refractivity contribution in [3.05, 3.63) is 36.0 Å². The maximum Gasteiger partial charge on any atom is 0.407 e.